The Balaban J connectivity index is 1.72. The third kappa shape index (κ3) is 5.63. The molecule has 0 unspecified atom stereocenters. The number of rotatable bonds is 5. The summed E-state index contributed by atoms with van der Waals surface area (Å²) in [5.74, 6) is 0.802. The van der Waals surface area contributed by atoms with Gasteiger partial charge in [-0.25, -0.2) is 4.98 Å². The van der Waals surface area contributed by atoms with Crippen molar-refractivity contribution in [1.29, 1.82) is 0 Å². The fourth-order valence-electron chi connectivity index (χ4n) is 5.13. The number of carbonyl (C=O) groups is 1. The topological polar surface area (TPSA) is 65.4 Å². The van der Waals surface area contributed by atoms with Crippen LogP contribution in [0, 0.1) is 11.3 Å². The molecule has 2 atom stereocenters. The molecule has 1 aromatic heterocycles. The number of anilines is 2. The molecule has 1 fully saturated rings. The Kier molecular flexibility index (Phi) is 6.22. The van der Waals surface area contributed by atoms with Gasteiger partial charge in [0.1, 0.15) is 11.5 Å². The summed E-state index contributed by atoms with van der Waals surface area (Å²) >= 11 is 0. The van der Waals surface area contributed by atoms with Crippen molar-refractivity contribution in [2.24, 2.45) is 11.3 Å². The molecule has 3 aromatic rings. The molecule has 1 aliphatic carbocycles. The number of benzene rings is 2. The quantitative estimate of drug-likeness (QED) is 0.318. The molecule has 4 rings (SSSR count). The Morgan fingerprint density at radius 3 is 2.41 bits per heavy atom. The minimum atomic E-state index is -4.74. The fourth-order valence-corrected chi connectivity index (χ4v) is 5.13. The van der Waals surface area contributed by atoms with Crippen LogP contribution in [0.3, 0.4) is 0 Å². The molecular weight excluding hydrogens is 447 g/mol. The Hall–Kier alpha value is -3.23. The molecule has 6 nitrogen and oxygen atoms in total. The van der Waals surface area contributed by atoms with E-state index in [1.54, 1.807) is 12.1 Å². The number of alkyl halides is 3. The minimum Gasteiger partial charge on any atom is -0.427 e. The Morgan fingerprint density at radius 1 is 1.12 bits per heavy atom. The van der Waals surface area contributed by atoms with Gasteiger partial charge in [-0.3, -0.25) is 4.79 Å². The van der Waals surface area contributed by atoms with Gasteiger partial charge in [0.2, 0.25) is 5.95 Å². The van der Waals surface area contributed by atoms with E-state index in [2.05, 4.69) is 35.4 Å². The molecule has 1 aliphatic rings. The molecule has 0 aliphatic heterocycles. The third-order valence-corrected chi connectivity index (χ3v) is 6.00. The second-order valence-corrected chi connectivity index (χ2v) is 9.81. The molecular formula is C25H28F3N3O3. The van der Waals surface area contributed by atoms with Crippen LogP contribution in [0.25, 0.3) is 11.0 Å². The SMILES string of the molecule is CC(=O)Oc1ccc2c(c1)nc(Nc1ccc(OC(F)(F)F)cc1)n2[C@@H]1C[C@H](C)CC(C)(C)C1. The minimum absolute atomic E-state index is 0.157. The van der Waals surface area contributed by atoms with E-state index in [-0.39, 0.29) is 17.2 Å². The standard InChI is InChI=1S/C25H28F3N3O3/c1-15-11-18(14-24(3,4)13-15)31-22-10-9-20(33-16(2)32)12-21(22)30-23(31)29-17-5-7-19(8-6-17)34-25(26,27)28/h5-10,12,15,18H,11,13-14H2,1-4H3,(H,29,30)/t15-,18+/m0/s1. The van der Waals surface area contributed by atoms with Crippen LogP contribution >= 0.6 is 0 Å². The highest BCUT2D eigenvalue weighted by molar-refractivity contribution is 5.82. The van der Waals surface area contributed by atoms with Gasteiger partial charge >= 0.3 is 12.3 Å². The molecule has 0 spiro atoms. The molecule has 34 heavy (non-hydrogen) atoms. The maximum atomic E-state index is 12.5. The Bertz CT molecular complexity index is 1190. The number of ether oxygens (including phenoxy) is 2. The summed E-state index contributed by atoms with van der Waals surface area (Å²) < 4.78 is 48.8. The number of imidazole rings is 1. The van der Waals surface area contributed by atoms with Crippen LogP contribution in [-0.2, 0) is 4.79 Å². The molecule has 0 saturated heterocycles. The van der Waals surface area contributed by atoms with Crippen LogP contribution in [0.2, 0.25) is 0 Å². The average Bonchev–Trinajstić information content (AvgIpc) is 3.03. The van der Waals surface area contributed by atoms with E-state index in [1.165, 1.54) is 31.2 Å². The van der Waals surface area contributed by atoms with Crippen LogP contribution in [0.1, 0.15) is 53.0 Å². The first-order chi connectivity index (χ1) is 15.9. The van der Waals surface area contributed by atoms with Gasteiger partial charge in [0.25, 0.3) is 0 Å². The summed E-state index contributed by atoms with van der Waals surface area (Å²) in [7, 11) is 0. The van der Waals surface area contributed by atoms with Crippen LogP contribution in [0.4, 0.5) is 24.8 Å². The molecule has 182 valence electrons. The number of fused-ring (bicyclic) bond motifs is 1. The second-order valence-electron chi connectivity index (χ2n) is 9.81. The molecule has 0 radical (unpaired) electrons. The lowest BCUT2D eigenvalue weighted by Crippen LogP contribution is -2.29. The highest BCUT2D eigenvalue weighted by atomic mass is 19.4. The number of hydrogen-bond donors (Lipinski definition) is 1. The molecule has 2 aromatic carbocycles. The first-order valence-corrected chi connectivity index (χ1v) is 11.2. The van der Waals surface area contributed by atoms with Gasteiger partial charge in [0.05, 0.1) is 11.0 Å². The summed E-state index contributed by atoms with van der Waals surface area (Å²) in [5.41, 5.74) is 2.29. The third-order valence-electron chi connectivity index (χ3n) is 6.00. The van der Waals surface area contributed by atoms with Crippen molar-refractivity contribution >= 4 is 28.6 Å². The van der Waals surface area contributed by atoms with Gasteiger partial charge < -0.3 is 19.4 Å². The number of nitrogens with zero attached hydrogens (tertiary/aromatic N) is 2. The number of nitrogens with one attached hydrogen (secondary N) is 1. The summed E-state index contributed by atoms with van der Waals surface area (Å²) in [6.07, 6.45) is -1.67. The van der Waals surface area contributed by atoms with E-state index in [1.807, 2.05) is 6.07 Å². The summed E-state index contributed by atoms with van der Waals surface area (Å²) in [4.78, 5) is 16.1. The zero-order valence-electron chi connectivity index (χ0n) is 19.6. The van der Waals surface area contributed by atoms with Crippen molar-refractivity contribution in [2.75, 3.05) is 5.32 Å². The number of halogens is 3. The number of carbonyl (C=O) groups excluding carboxylic acids is 1. The van der Waals surface area contributed by atoms with Crippen LogP contribution in [0.5, 0.6) is 11.5 Å². The van der Waals surface area contributed by atoms with E-state index < -0.39 is 12.3 Å². The fraction of sp³-hybridized carbons (Fsp3) is 0.440. The number of aromatic nitrogens is 2. The summed E-state index contributed by atoms with van der Waals surface area (Å²) in [6.45, 7) is 8.12. The Labute approximate surface area is 196 Å². The molecule has 0 amide bonds. The van der Waals surface area contributed by atoms with E-state index in [0.717, 1.165) is 24.8 Å². The molecule has 9 heteroatoms. The summed E-state index contributed by atoms with van der Waals surface area (Å²) in [6, 6.07) is 11.1. The zero-order valence-corrected chi connectivity index (χ0v) is 19.6. The van der Waals surface area contributed by atoms with Crippen molar-refractivity contribution < 1.29 is 27.4 Å². The predicted molar refractivity (Wildman–Crippen MR) is 123 cm³/mol. The second kappa shape index (κ2) is 8.85. The van der Waals surface area contributed by atoms with Crippen LogP contribution in [-0.4, -0.2) is 21.9 Å². The maximum absolute atomic E-state index is 12.5. The molecule has 1 N–H and O–H groups in total. The first kappa shape index (κ1) is 23.9. The van der Waals surface area contributed by atoms with E-state index in [0.29, 0.717) is 28.8 Å². The normalized spacial score (nSPS) is 20.2. The first-order valence-electron chi connectivity index (χ1n) is 11.2. The van der Waals surface area contributed by atoms with Gasteiger partial charge in [-0.15, -0.1) is 13.2 Å². The Morgan fingerprint density at radius 2 is 1.79 bits per heavy atom. The molecule has 1 saturated carbocycles. The van der Waals surface area contributed by atoms with Gasteiger partial charge in [-0.2, -0.15) is 0 Å². The monoisotopic (exact) mass is 475 g/mol. The predicted octanol–water partition coefficient (Wildman–Crippen LogP) is 6.99. The highest BCUT2D eigenvalue weighted by Gasteiger charge is 2.35. The van der Waals surface area contributed by atoms with E-state index >= 15 is 0 Å². The lowest BCUT2D eigenvalue weighted by atomic mass is 9.70. The van der Waals surface area contributed by atoms with Gasteiger partial charge in [-0.05, 0) is 67.0 Å². The largest absolute Gasteiger partial charge is 0.573 e. The highest BCUT2D eigenvalue weighted by Crippen LogP contribution is 2.46. The molecule has 0 bridgehead atoms. The van der Waals surface area contributed by atoms with Gasteiger partial charge in [0.15, 0.2) is 0 Å². The summed E-state index contributed by atoms with van der Waals surface area (Å²) in [5, 5.41) is 3.26. The van der Waals surface area contributed by atoms with Crippen molar-refractivity contribution in [3.63, 3.8) is 0 Å². The molecule has 1 heterocycles. The van der Waals surface area contributed by atoms with E-state index in [9.17, 15) is 18.0 Å². The zero-order chi connectivity index (χ0) is 24.7. The lowest BCUT2D eigenvalue weighted by molar-refractivity contribution is -0.274. The van der Waals surface area contributed by atoms with Gasteiger partial charge in [0, 0.05) is 24.7 Å². The maximum Gasteiger partial charge on any atom is 0.573 e. The van der Waals surface area contributed by atoms with Crippen molar-refractivity contribution in [2.45, 2.75) is 59.4 Å². The van der Waals surface area contributed by atoms with Crippen molar-refractivity contribution in [3.05, 3.63) is 42.5 Å². The number of esters is 1. The number of hydrogen-bond acceptors (Lipinski definition) is 5. The smallest absolute Gasteiger partial charge is 0.427 e. The van der Waals surface area contributed by atoms with Crippen molar-refractivity contribution in [1.82, 2.24) is 9.55 Å². The van der Waals surface area contributed by atoms with Crippen LogP contribution in [0.15, 0.2) is 42.5 Å². The van der Waals surface area contributed by atoms with Crippen LogP contribution < -0.4 is 14.8 Å². The van der Waals surface area contributed by atoms with Crippen molar-refractivity contribution in [3.8, 4) is 11.5 Å². The van der Waals surface area contributed by atoms with E-state index in [4.69, 9.17) is 9.72 Å². The lowest BCUT2D eigenvalue weighted by Gasteiger charge is -2.40. The van der Waals surface area contributed by atoms with Gasteiger partial charge in [-0.1, -0.05) is 20.8 Å². The average molecular weight is 476 g/mol.